The Morgan fingerprint density at radius 1 is 0.926 bits per heavy atom. The van der Waals surface area contributed by atoms with E-state index in [0.717, 1.165) is 5.56 Å². The standard InChI is InChI=1S/C21H20ClNO3S/c1-16(17-7-6-8-18(22)15-17)23(19-11-13-20(26-2)14-12-19)27(24,25)21-9-4-3-5-10-21/h3-16H,1-2H3. The highest BCUT2D eigenvalue weighted by Gasteiger charge is 2.30. The van der Waals surface area contributed by atoms with E-state index in [1.807, 2.05) is 19.1 Å². The van der Waals surface area contributed by atoms with Crippen LogP contribution in [0.25, 0.3) is 0 Å². The summed E-state index contributed by atoms with van der Waals surface area (Å²) in [6, 6.07) is 22.1. The lowest BCUT2D eigenvalue weighted by Gasteiger charge is -2.31. The molecule has 27 heavy (non-hydrogen) atoms. The SMILES string of the molecule is COc1ccc(N(C(C)c2cccc(Cl)c2)S(=O)(=O)c2ccccc2)cc1. The molecule has 0 aliphatic heterocycles. The van der Waals surface area contributed by atoms with Crippen molar-refractivity contribution in [1.82, 2.24) is 0 Å². The largest absolute Gasteiger partial charge is 0.497 e. The lowest BCUT2D eigenvalue weighted by Crippen LogP contribution is -2.33. The number of anilines is 1. The van der Waals surface area contributed by atoms with Gasteiger partial charge in [-0.15, -0.1) is 0 Å². The van der Waals surface area contributed by atoms with E-state index in [1.165, 1.54) is 4.31 Å². The Kier molecular flexibility index (Phi) is 5.73. The molecule has 0 N–H and O–H groups in total. The molecule has 0 fully saturated rings. The maximum absolute atomic E-state index is 13.4. The first-order valence-electron chi connectivity index (χ1n) is 8.42. The third kappa shape index (κ3) is 4.10. The molecule has 3 aromatic rings. The van der Waals surface area contributed by atoms with Crippen molar-refractivity contribution < 1.29 is 13.2 Å². The minimum absolute atomic E-state index is 0.231. The highest BCUT2D eigenvalue weighted by Crippen LogP contribution is 2.34. The van der Waals surface area contributed by atoms with Gasteiger partial charge >= 0.3 is 0 Å². The molecule has 1 atom stereocenters. The van der Waals surface area contributed by atoms with Gasteiger partial charge in [0.2, 0.25) is 0 Å². The van der Waals surface area contributed by atoms with Crippen LogP contribution >= 0.6 is 11.6 Å². The van der Waals surface area contributed by atoms with Gasteiger partial charge in [-0.1, -0.05) is 41.9 Å². The number of hydrogen-bond acceptors (Lipinski definition) is 3. The first kappa shape index (κ1) is 19.3. The van der Waals surface area contributed by atoms with Gasteiger partial charge in [-0.3, -0.25) is 4.31 Å². The molecular weight excluding hydrogens is 382 g/mol. The summed E-state index contributed by atoms with van der Waals surface area (Å²) in [5.41, 5.74) is 1.35. The molecule has 0 bridgehead atoms. The molecule has 0 aromatic heterocycles. The maximum atomic E-state index is 13.4. The molecule has 0 heterocycles. The Hall–Kier alpha value is -2.50. The Balaban J connectivity index is 2.14. The minimum Gasteiger partial charge on any atom is -0.497 e. The summed E-state index contributed by atoms with van der Waals surface area (Å²) in [5, 5.41) is 0.561. The first-order valence-corrected chi connectivity index (χ1v) is 10.2. The highest BCUT2D eigenvalue weighted by molar-refractivity contribution is 7.92. The summed E-state index contributed by atoms with van der Waals surface area (Å²) in [7, 11) is -2.21. The topological polar surface area (TPSA) is 46.6 Å². The van der Waals surface area contributed by atoms with E-state index in [-0.39, 0.29) is 4.90 Å². The molecule has 1 unspecified atom stereocenters. The van der Waals surface area contributed by atoms with Gasteiger partial charge in [0.25, 0.3) is 10.0 Å². The zero-order chi connectivity index (χ0) is 19.4. The molecule has 0 saturated heterocycles. The summed E-state index contributed by atoms with van der Waals surface area (Å²) in [5.74, 6) is 0.659. The average Bonchev–Trinajstić information content (AvgIpc) is 2.69. The predicted molar refractivity (Wildman–Crippen MR) is 109 cm³/mol. The molecule has 4 nitrogen and oxygen atoms in total. The molecule has 0 amide bonds. The van der Waals surface area contributed by atoms with Gasteiger partial charge in [0, 0.05) is 5.02 Å². The normalized spacial score (nSPS) is 12.4. The Morgan fingerprint density at radius 2 is 1.59 bits per heavy atom. The second-order valence-electron chi connectivity index (χ2n) is 6.04. The molecule has 3 rings (SSSR count). The lowest BCUT2D eigenvalue weighted by molar-refractivity contribution is 0.415. The lowest BCUT2D eigenvalue weighted by atomic mass is 10.1. The van der Waals surface area contributed by atoms with Crippen LogP contribution in [0.3, 0.4) is 0 Å². The van der Waals surface area contributed by atoms with Crippen LogP contribution in [0.1, 0.15) is 18.5 Å². The van der Waals surface area contributed by atoms with Crippen molar-refractivity contribution in [3.63, 3.8) is 0 Å². The smallest absolute Gasteiger partial charge is 0.264 e. The van der Waals surface area contributed by atoms with Crippen molar-refractivity contribution in [3.8, 4) is 5.75 Å². The van der Waals surface area contributed by atoms with Gasteiger partial charge in [0.1, 0.15) is 5.75 Å². The number of nitrogens with zero attached hydrogens (tertiary/aromatic N) is 1. The summed E-state index contributed by atoms with van der Waals surface area (Å²) in [6.45, 7) is 1.84. The highest BCUT2D eigenvalue weighted by atomic mass is 35.5. The average molecular weight is 402 g/mol. The molecule has 0 aliphatic rings. The number of halogens is 1. The van der Waals surface area contributed by atoms with Gasteiger partial charge in [-0.05, 0) is 61.0 Å². The third-order valence-corrected chi connectivity index (χ3v) is 6.46. The fourth-order valence-electron chi connectivity index (χ4n) is 2.91. The van der Waals surface area contributed by atoms with Crippen molar-refractivity contribution in [3.05, 3.63) is 89.4 Å². The van der Waals surface area contributed by atoms with E-state index in [4.69, 9.17) is 16.3 Å². The number of hydrogen-bond donors (Lipinski definition) is 0. The molecule has 0 spiro atoms. The van der Waals surface area contributed by atoms with Crippen LogP contribution in [0, 0.1) is 0 Å². The van der Waals surface area contributed by atoms with Crippen LogP contribution < -0.4 is 9.04 Å². The van der Waals surface area contributed by atoms with Crippen molar-refractivity contribution in [2.24, 2.45) is 0 Å². The molecule has 140 valence electrons. The fourth-order valence-corrected chi connectivity index (χ4v) is 4.77. The van der Waals surface area contributed by atoms with Crippen molar-refractivity contribution >= 4 is 27.3 Å². The Morgan fingerprint density at radius 3 is 2.19 bits per heavy atom. The molecule has 6 heteroatoms. The molecule has 0 aliphatic carbocycles. The molecule has 0 radical (unpaired) electrons. The van der Waals surface area contributed by atoms with Crippen molar-refractivity contribution in [2.75, 3.05) is 11.4 Å². The number of methoxy groups -OCH3 is 1. The van der Waals surface area contributed by atoms with E-state index in [9.17, 15) is 8.42 Å². The van der Waals surface area contributed by atoms with Gasteiger partial charge in [0.15, 0.2) is 0 Å². The van der Waals surface area contributed by atoms with Crippen LogP contribution in [0.2, 0.25) is 5.02 Å². The van der Waals surface area contributed by atoms with Crippen molar-refractivity contribution in [1.29, 1.82) is 0 Å². The van der Waals surface area contributed by atoms with Crippen LogP contribution in [-0.4, -0.2) is 15.5 Å². The summed E-state index contributed by atoms with van der Waals surface area (Å²) in [4.78, 5) is 0.231. The second kappa shape index (κ2) is 8.03. The van der Waals surface area contributed by atoms with Crippen molar-refractivity contribution in [2.45, 2.75) is 17.9 Å². The zero-order valence-corrected chi connectivity index (χ0v) is 16.6. The van der Waals surface area contributed by atoms with Gasteiger partial charge < -0.3 is 4.74 Å². The van der Waals surface area contributed by atoms with Crippen LogP contribution in [0.4, 0.5) is 5.69 Å². The molecule has 0 saturated carbocycles. The fraction of sp³-hybridized carbons (Fsp3) is 0.143. The third-order valence-electron chi connectivity index (χ3n) is 4.31. The number of benzene rings is 3. The Labute approximate surface area is 165 Å². The van der Waals surface area contributed by atoms with Crippen LogP contribution in [0.15, 0.2) is 83.8 Å². The maximum Gasteiger partial charge on any atom is 0.264 e. The quantitative estimate of drug-likeness (QED) is 0.562. The van der Waals surface area contributed by atoms with Gasteiger partial charge in [-0.2, -0.15) is 0 Å². The predicted octanol–water partition coefficient (Wildman–Crippen LogP) is 5.31. The summed E-state index contributed by atoms with van der Waals surface area (Å²) in [6.07, 6.45) is 0. The van der Waals surface area contributed by atoms with E-state index >= 15 is 0 Å². The van der Waals surface area contributed by atoms with Crippen LogP contribution in [0.5, 0.6) is 5.75 Å². The zero-order valence-electron chi connectivity index (χ0n) is 15.0. The summed E-state index contributed by atoms with van der Waals surface area (Å²) >= 11 is 6.13. The number of sulfonamides is 1. The molecule has 3 aromatic carbocycles. The monoisotopic (exact) mass is 401 g/mol. The van der Waals surface area contributed by atoms with Gasteiger partial charge in [0.05, 0.1) is 23.7 Å². The van der Waals surface area contributed by atoms with E-state index in [2.05, 4.69) is 0 Å². The van der Waals surface area contributed by atoms with Gasteiger partial charge in [-0.25, -0.2) is 8.42 Å². The molecular formula is C21H20ClNO3S. The van der Waals surface area contributed by atoms with E-state index in [0.29, 0.717) is 16.5 Å². The van der Waals surface area contributed by atoms with E-state index < -0.39 is 16.1 Å². The minimum atomic E-state index is -3.78. The summed E-state index contributed by atoms with van der Waals surface area (Å²) < 4.78 is 33.5. The van der Waals surface area contributed by atoms with E-state index in [1.54, 1.807) is 73.8 Å². The Bertz CT molecular complexity index is 1010. The first-order chi connectivity index (χ1) is 12.9. The second-order valence-corrected chi connectivity index (χ2v) is 8.29. The van der Waals surface area contributed by atoms with Crippen LogP contribution in [-0.2, 0) is 10.0 Å². The number of ether oxygens (including phenoxy) is 1. The number of rotatable bonds is 6.